The molecule has 1 heterocycles. The molecule has 1 aliphatic rings. The van der Waals surface area contributed by atoms with Gasteiger partial charge in [-0.2, -0.15) is 0 Å². The molecule has 122 valence electrons. The number of hydrogen-bond acceptors (Lipinski definition) is 4. The van der Waals surface area contributed by atoms with E-state index >= 15 is 0 Å². The molecule has 1 aromatic rings. The number of nitro benzene ring substituents is 1. The van der Waals surface area contributed by atoms with Crippen LogP contribution >= 0.6 is 12.4 Å². The number of nitrogens with zero attached hydrogens (tertiary/aromatic N) is 1. The predicted octanol–water partition coefficient (Wildman–Crippen LogP) is 2.44. The molecule has 3 unspecified atom stereocenters. The molecule has 1 fully saturated rings. The second kappa shape index (κ2) is 7.56. The first-order valence-corrected chi connectivity index (χ1v) is 7.19. The zero-order valence-electron chi connectivity index (χ0n) is 13.0. The van der Waals surface area contributed by atoms with Crippen LogP contribution in [0.1, 0.15) is 36.2 Å². The van der Waals surface area contributed by atoms with Crippen molar-refractivity contribution in [3.8, 4) is 0 Å². The minimum Gasteiger partial charge on any atom is -0.347 e. The first-order chi connectivity index (χ1) is 9.90. The third-order valence-electron chi connectivity index (χ3n) is 4.17. The van der Waals surface area contributed by atoms with E-state index in [9.17, 15) is 14.9 Å². The molecule has 6 nitrogen and oxygen atoms in total. The molecule has 1 amide bonds. The summed E-state index contributed by atoms with van der Waals surface area (Å²) in [7, 11) is 0. The average molecular weight is 328 g/mol. The molecule has 0 saturated carbocycles. The first-order valence-electron chi connectivity index (χ1n) is 7.19. The maximum absolute atomic E-state index is 12.3. The van der Waals surface area contributed by atoms with Crippen LogP contribution in [0.25, 0.3) is 0 Å². The molecule has 2 rings (SSSR count). The van der Waals surface area contributed by atoms with Gasteiger partial charge in [-0.25, -0.2) is 0 Å². The van der Waals surface area contributed by atoms with E-state index in [1.165, 1.54) is 12.1 Å². The molecular weight excluding hydrogens is 306 g/mol. The number of piperidine rings is 1. The minimum atomic E-state index is -0.438. The molecule has 1 saturated heterocycles. The normalized spacial score (nSPS) is 24.2. The number of carbonyl (C=O) groups excluding carboxylic acids is 1. The van der Waals surface area contributed by atoms with Crippen molar-refractivity contribution in [2.24, 2.45) is 5.92 Å². The first kappa shape index (κ1) is 18.4. The smallest absolute Gasteiger partial charge is 0.272 e. The minimum absolute atomic E-state index is 0. The van der Waals surface area contributed by atoms with Crippen molar-refractivity contribution < 1.29 is 9.72 Å². The predicted molar refractivity (Wildman–Crippen MR) is 87.6 cm³/mol. The van der Waals surface area contributed by atoms with Gasteiger partial charge < -0.3 is 10.6 Å². The van der Waals surface area contributed by atoms with Crippen LogP contribution < -0.4 is 10.6 Å². The zero-order chi connectivity index (χ0) is 15.6. The van der Waals surface area contributed by atoms with Crippen LogP contribution in [0.4, 0.5) is 5.69 Å². The van der Waals surface area contributed by atoms with E-state index in [1.807, 2.05) is 0 Å². The summed E-state index contributed by atoms with van der Waals surface area (Å²) in [6.45, 7) is 6.79. The number of rotatable bonds is 3. The van der Waals surface area contributed by atoms with E-state index in [2.05, 4.69) is 24.5 Å². The lowest BCUT2D eigenvalue weighted by atomic mass is 9.89. The Kier molecular flexibility index (Phi) is 6.32. The third kappa shape index (κ3) is 3.96. The Hall–Kier alpha value is -1.66. The number of hydrogen-bond donors (Lipinski definition) is 2. The Morgan fingerprint density at radius 2 is 2.09 bits per heavy atom. The lowest BCUT2D eigenvalue weighted by Gasteiger charge is -2.36. The molecule has 3 atom stereocenters. The monoisotopic (exact) mass is 327 g/mol. The van der Waals surface area contributed by atoms with Crippen molar-refractivity contribution in [1.29, 1.82) is 0 Å². The number of halogens is 1. The van der Waals surface area contributed by atoms with Gasteiger partial charge in [-0.1, -0.05) is 6.92 Å². The quantitative estimate of drug-likeness (QED) is 0.659. The fourth-order valence-electron chi connectivity index (χ4n) is 2.84. The van der Waals surface area contributed by atoms with E-state index < -0.39 is 4.92 Å². The molecule has 1 aromatic carbocycles. The fraction of sp³-hybridized carbons (Fsp3) is 0.533. The van der Waals surface area contributed by atoms with Crippen molar-refractivity contribution in [1.82, 2.24) is 10.6 Å². The van der Waals surface area contributed by atoms with E-state index in [0.717, 1.165) is 13.0 Å². The standard InChI is InChI=1S/C15H21N3O3.ClH/c1-9-6-7-16-11(3)14(9)17-15(19)12-4-5-13(18(20)21)10(2)8-12;/h4-5,8-9,11,14,16H,6-7H2,1-3H3,(H,17,19);1H. The third-order valence-corrected chi connectivity index (χ3v) is 4.17. The topological polar surface area (TPSA) is 84.3 Å². The SMILES string of the molecule is Cc1cc(C(=O)NC2C(C)CCNC2C)ccc1[N+](=O)[O-].Cl. The molecular formula is C15H22ClN3O3. The van der Waals surface area contributed by atoms with Gasteiger partial charge in [0.05, 0.1) is 4.92 Å². The van der Waals surface area contributed by atoms with Crippen LogP contribution in [0.15, 0.2) is 18.2 Å². The zero-order valence-corrected chi connectivity index (χ0v) is 13.8. The van der Waals surface area contributed by atoms with Crippen molar-refractivity contribution >= 4 is 24.0 Å². The molecule has 1 aliphatic heterocycles. The summed E-state index contributed by atoms with van der Waals surface area (Å²) in [6, 6.07) is 4.75. The highest BCUT2D eigenvalue weighted by Gasteiger charge is 2.29. The Bertz CT molecular complexity index is 555. The van der Waals surface area contributed by atoms with Gasteiger partial charge in [0.15, 0.2) is 0 Å². The second-order valence-corrected chi connectivity index (χ2v) is 5.77. The van der Waals surface area contributed by atoms with Gasteiger partial charge in [-0.3, -0.25) is 14.9 Å². The van der Waals surface area contributed by atoms with Crippen molar-refractivity contribution in [2.75, 3.05) is 6.54 Å². The van der Waals surface area contributed by atoms with Gasteiger partial charge in [-0.15, -0.1) is 12.4 Å². The van der Waals surface area contributed by atoms with Crippen LogP contribution in [0, 0.1) is 23.0 Å². The number of aryl methyl sites for hydroxylation is 1. The van der Waals surface area contributed by atoms with Crippen LogP contribution in [-0.2, 0) is 0 Å². The fourth-order valence-corrected chi connectivity index (χ4v) is 2.84. The maximum Gasteiger partial charge on any atom is 0.272 e. The summed E-state index contributed by atoms with van der Waals surface area (Å²) < 4.78 is 0. The Balaban J connectivity index is 0.00000242. The lowest BCUT2D eigenvalue weighted by molar-refractivity contribution is -0.385. The van der Waals surface area contributed by atoms with Crippen molar-refractivity contribution in [2.45, 2.75) is 39.3 Å². The summed E-state index contributed by atoms with van der Waals surface area (Å²) >= 11 is 0. The van der Waals surface area contributed by atoms with Gasteiger partial charge in [0.1, 0.15) is 0 Å². The van der Waals surface area contributed by atoms with Crippen LogP contribution in [0.3, 0.4) is 0 Å². The van der Waals surface area contributed by atoms with Crippen molar-refractivity contribution in [3.05, 3.63) is 39.4 Å². The van der Waals surface area contributed by atoms with E-state index in [0.29, 0.717) is 17.0 Å². The van der Waals surface area contributed by atoms with E-state index in [4.69, 9.17) is 0 Å². The van der Waals surface area contributed by atoms with Crippen LogP contribution in [-0.4, -0.2) is 29.5 Å². The van der Waals surface area contributed by atoms with Crippen LogP contribution in [0.5, 0.6) is 0 Å². The summed E-state index contributed by atoms with van der Waals surface area (Å²) in [6.07, 6.45) is 1.02. The van der Waals surface area contributed by atoms with E-state index in [-0.39, 0.29) is 36.1 Å². The molecule has 0 spiro atoms. The lowest BCUT2D eigenvalue weighted by Crippen LogP contribution is -2.55. The second-order valence-electron chi connectivity index (χ2n) is 5.77. The molecule has 0 bridgehead atoms. The maximum atomic E-state index is 12.3. The van der Waals surface area contributed by atoms with Gasteiger partial charge in [0.2, 0.25) is 0 Å². The Morgan fingerprint density at radius 1 is 1.41 bits per heavy atom. The molecule has 0 aliphatic carbocycles. The van der Waals surface area contributed by atoms with Gasteiger partial charge in [0.25, 0.3) is 11.6 Å². The molecule has 0 radical (unpaired) electrons. The highest BCUT2D eigenvalue weighted by molar-refractivity contribution is 5.95. The molecule has 0 aromatic heterocycles. The van der Waals surface area contributed by atoms with Crippen LogP contribution in [0.2, 0.25) is 0 Å². The highest BCUT2D eigenvalue weighted by Crippen LogP contribution is 2.20. The highest BCUT2D eigenvalue weighted by atomic mass is 35.5. The number of carbonyl (C=O) groups is 1. The molecule has 22 heavy (non-hydrogen) atoms. The molecule has 2 N–H and O–H groups in total. The average Bonchev–Trinajstić information content (AvgIpc) is 2.42. The van der Waals surface area contributed by atoms with Crippen molar-refractivity contribution in [3.63, 3.8) is 0 Å². The number of amides is 1. The van der Waals surface area contributed by atoms with E-state index in [1.54, 1.807) is 13.0 Å². The summed E-state index contributed by atoms with van der Waals surface area (Å²) in [5, 5.41) is 17.2. The summed E-state index contributed by atoms with van der Waals surface area (Å²) in [5.74, 6) is 0.227. The van der Waals surface area contributed by atoms with Gasteiger partial charge in [0, 0.05) is 29.3 Å². The summed E-state index contributed by atoms with van der Waals surface area (Å²) in [4.78, 5) is 22.7. The Labute approximate surface area is 136 Å². The van der Waals surface area contributed by atoms with Gasteiger partial charge >= 0.3 is 0 Å². The number of benzene rings is 1. The number of nitro groups is 1. The Morgan fingerprint density at radius 3 is 2.64 bits per heavy atom. The molecule has 7 heteroatoms. The number of nitrogens with one attached hydrogen (secondary N) is 2. The largest absolute Gasteiger partial charge is 0.347 e. The summed E-state index contributed by atoms with van der Waals surface area (Å²) in [5.41, 5.74) is 0.992. The van der Waals surface area contributed by atoms with Gasteiger partial charge in [-0.05, 0) is 44.9 Å².